The Morgan fingerprint density at radius 1 is 0.906 bits per heavy atom. The van der Waals surface area contributed by atoms with E-state index < -0.39 is 0 Å². The Hall–Kier alpha value is -3.28. The highest BCUT2D eigenvalue weighted by Gasteiger charge is 2.34. The van der Waals surface area contributed by atoms with Crippen LogP contribution in [0.15, 0.2) is 72.9 Å². The fourth-order valence-electron chi connectivity index (χ4n) is 4.57. The van der Waals surface area contributed by atoms with Crippen molar-refractivity contribution in [1.29, 1.82) is 0 Å². The van der Waals surface area contributed by atoms with Crippen molar-refractivity contribution in [3.05, 3.63) is 84.3 Å². The Morgan fingerprint density at radius 2 is 1.66 bits per heavy atom. The maximum Gasteiger partial charge on any atom is 0.170 e. The van der Waals surface area contributed by atoms with Crippen molar-refractivity contribution in [1.82, 2.24) is 19.6 Å². The third-order valence-corrected chi connectivity index (χ3v) is 6.60. The molecular weight excluding hydrogens is 418 g/mol. The molecule has 0 unspecified atom stereocenters. The fraction of sp³-hybridized carbons (Fsp3) is 0.192. The van der Waals surface area contributed by atoms with Crippen molar-refractivity contribution in [2.24, 2.45) is 5.73 Å². The summed E-state index contributed by atoms with van der Waals surface area (Å²) in [6.07, 6.45) is 5.32. The second kappa shape index (κ2) is 7.69. The highest BCUT2D eigenvalue weighted by molar-refractivity contribution is 5.98. The number of rotatable bonds is 3. The molecule has 1 fully saturated rings. The molecule has 0 amide bonds. The molecule has 1 aliphatic rings. The van der Waals surface area contributed by atoms with Crippen LogP contribution < -0.4 is 5.73 Å². The number of nitrogens with two attached hydrogens (primary N) is 1. The Labute approximate surface area is 192 Å². The van der Waals surface area contributed by atoms with Gasteiger partial charge < -0.3 is 5.73 Å². The van der Waals surface area contributed by atoms with Gasteiger partial charge in [-0.05, 0) is 49.4 Å². The SMILES string of the molecule is Cc1nnc2c3cc(-c4ccccc4)c(-c4ccc(C5(N)CCC5)cc4)nc3ccn12.Cl. The van der Waals surface area contributed by atoms with Gasteiger partial charge in [-0.25, -0.2) is 4.98 Å². The minimum absolute atomic E-state index is 0. The fourth-order valence-corrected chi connectivity index (χ4v) is 4.57. The molecule has 6 heteroatoms. The normalized spacial score (nSPS) is 14.8. The monoisotopic (exact) mass is 441 g/mol. The van der Waals surface area contributed by atoms with E-state index in [1.54, 1.807) is 0 Å². The molecule has 3 heterocycles. The molecule has 3 aromatic heterocycles. The van der Waals surface area contributed by atoms with Crippen LogP contribution in [0.1, 0.15) is 30.7 Å². The second-order valence-electron chi connectivity index (χ2n) is 8.53. The maximum atomic E-state index is 6.53. The van der Waals surface area contributed by atoms with Gasteiger partial charge in [0.25, 0.3) is 0 Å². The first-order chi connectivity index (χ1) is 15.1. The Kier molecular flexibility index (Phi) is 4.96. The van der Waals surface area contributed by atoms with Crippen molar-refractivity contribution in [2.75, 3.05) is 0 Å². The summed E-state index contributed by atoms with van der Waals surface area (Å²) in [4.78, 5) is 5.09. The van der Waals surface area contributed by atoms with Gasteiger partial charge in [0.2, 0.25) is 0 Å². The van der Waals surface area contributed by atoms with Crippen molar-refractivity contribution in [3.63, 3.8) is 0 Å². The van der Waals surface area contributed by atoms with Gasteiger partial charge in [-0.15, -0.1) is 22.6 Å². The summed E-state index contributed by atoms with van der Waals surface area (Å²) in [5.74, 6) is 0.865. The Balaban J connectivity index is 0.00000216. The summed E-state index contributed by atoms with van der Waals surface area (Å²) in [6.45, 7) is 1.96. The van der Waals surface area contributed by atoms with Crippen molar-refractivity contribution >= 4 is 29.0 Å². The van der Waals surface area contributed by atoms with Crippen molar-refractivity contribution < 1.29 is 0 Å². The lowest BCUT2D eigenvalue weighted by molar-refractivity contribution is 0.253. The largest absolute Gasteiger partial charge is 0.321 e. The zero-order valence-corrected chi connectivity index (χ0v) is 18.6. The van der Waals surface area contributed by atoms with Gasteiger partial charge in [-0.1, -0.05) is 54.6 Å². The Morgan fingerprint density at radius 3 is 2.34 bits per heavy atom. The molecule has 5 nitrogen and oxygen atoms in total. The van der Waals surface area contributed by atoms with Crippen LogP contribution in [-0.4, -0.2) is 19.6 Å². The number of nitrogens with zero attached hydrogens (tertiary/aromatic N) is 4. The molecule has 1 saturated carbocycles. The van der Waals surface area contributed by atoms with Crippen LogP contribution in [0.5, 0.6) is 0 Å². The number of pyridine rings is 2. The van der Waals surface area contributed by atoms with E-state index in [-0.39, 0.29) is 17.9 Å². The lowest BCUT2D eigenvalue weighted by Crippen LogP contribution is -2.43. The second-order valence-corrected chi connectivity index (χ2v) is 8.53. The van der Waals surface area contributed by atoms with E-state index in [0.717, 1.165) is 57.6 Å². The summed E-state index contributed by atoms with van der Waals surface area (Å²) >= 11 is 0. The van der Waals surface area contributed by atoms with Crippen LogP contribution in [0.2, 0.25) is 0 Å². The van der Waals surface area contributed by atoms with E-state index in [9.17, 15) is 0 Å². The lowest BCUT2D eigenvalue weighted by Gasteiger charge is -2.38. The van der Waals surface area contributed by atoms with Crippen LogP contribution in [0.25, 0.3) is 38.9 Å². The highest BCUT2D eigenvalue weighted by atomic mass is 35.5. The van der Waals surface area contributed by atoms with Gasteiger partial charge in [0.05, 0.1) is 11.2 Å². The maximum absolute atomic E-state index is 6.53. The third kappa shape index (κ3) is 3.17. The molecule has 0 radical (unpaired) electrons. The number of aryl methyl sites for hydroxylation is 1. The molecule has 0 aliphatic heterocycles. The molecule has 160 valence electrons. The molecule has 0 atom stereocenters. The van der Waals surface area contributed by atoms with E-state index in [4.69, 9.17) is 10.7 Å². The quantitative estimate of drug-likeness (QED) is 0.391. The van der Waals surface area contributed by atoms with Gasteiger partial charge in [0.15, 0.2) is 5.65 Å². The van der Waals surface area contributed by atoms with E-state index in [1.807, 2.05) is 29.7 Å². The number of aromatic nitrogens is 4. The smallest absolute Gasteiger partial charge is 0.170 e. The molecule has 0 saturated heterocycles. The molecule has 0 bridgehead atoms. The van der Waals surface area contributed by atoms with Crippen LogP contribution in [0.3, 0.4) is 0 Å². The molecule has 1 aliphatic carbocycles. The van der Waals surface area contributed by atoms with Gasteiger partial charge in [-0.3, -0.25) is 4.40 Å². The number of benzene rings is 2. The van der Waals surface area contributed by atoms with Crippen LogP contribution in [-0.2, 0) is 5.54 Å². The summed E-state index contributed by atoms with van der Waals surface area (Å²) in [5.41, 5.74) is 13.6. The molecule has 2 N–H and O–H groups in total. The van der Waals surface area contributed by atoms with E-state index in [2.05, 4.69) is 64.8 Å². The van der Waals surface area contributed by atoms with E-state index >= 15 is 0 Å². The number of hydrogen-bond donors (Lipinski definition) is 1. The standard InChI is InChI=1S/C26H23N5.ClH/c1-17-29-30-25-22-16-21(18-6-3-2-4-7-18)24(28-23(22)12-15-31(17)25)19-8-10-20(11-9-19)26(27)13-5-14-26;/h2-4,6-12,15-16H,5,13-14,27H2,1H3;1H. The summed E-state index contributed by atoms with van der Waals surface area (Å²) in [5, 5.41) is 9.64. The summed E-state index contributed by atoms with van der Waals surface area (Å²) in [7, 11) is 0. The first kappa shape index (κ1) is 20.6. The molecule has 0 spiro atoms. The first-order valence-corrected chi connectivity index (χ1v) is 10.7. The number of fused-ring (bicyclic) bond motifs is 3. The van der Waals surface area contributed by atoms with Crippen molar-refractivity contribution in [3.8, 4) is 22.4 Å². The van der Waals surface area contributed by atoms with Crippen LogP contribution in [0, 0.1) is 6.92 Å². The predicted molar refractivity (Wildman–Crippen MR) is 131 cm³/mol. The molecule has 32 heavy (non-hydrogen) atoms. The molecule has 6 rings (SSSR count). The average Bonchev–Trinajstić information content (AvgIpc) is 3.18. The zero-order chi connectivity index (χ0) is 21.0. The molecule has 5 aromatic rings. The van der Waals surface area contributed by atoms with Crippen LogP contribution >= 0.6 is 12.4 Å². The predicted octanol–water partition coefficient (Wildman–Crippen LogP) is 5.68. The topological polar surface area (TPSA) is 69.1 Å². The average molecular weight is 442 g/mol. The first-order valence-electron chi connectivity index (χ1n) is 10.7. The van der Waals surface area contributed by atoms with Crippen LogP contribution in [0.4, 0.5) is 0 Å². The lowest BCUT2D eigenvalue weighted by atomic mass is 9.72. The van der Waals surface area contributed by atoms with E-state index in [0.29, 0.717) is 0 Å². The molecule has 2 aromatic carbocycles. The number of halogens is 1. The van der Waals surface area contributed by atoms with E-state index in [1.165, 1.54) is 12.0 Å². The highest BCUT2D eigenvalue weighted by Crippen LogP contribution is 2.40. The van der Waals surface area contributed by atoms with Gasteiger partial charge >= 0.3 is 0 Å². The number of hydrogen-bond acceptors (Lipinski definition) is 4. The summed E-state index contributed by atoms with van der Waals surface area (Å²) < 4.78 is 2.01. The third-order valence-electron chi connectivity index (χ3n) is 6.60. The van der Waals surface area contributed by atoms with Gasteiger partial charge in [0, 0.05) is 28.2 Å². The van der Waals surface area contributed by atoms with Gasteiger partial charge in [0.1, 0.15) is 5.82 Å². The van der Waals surface area contributed by atoms with Crippen molar-refractivity contribution in [2.45, 2.75) is 31.7 Å². The zero-order valence-electron chi connectivity index (χ0n) is 17.8. The molecular formula is C26H24ClN5. The minimum Gasteiger partial charge on any atom is -0.321 e. The minimum atomic E-state index is -0.158. The summed E-state index contributed by atoms with van der Waals surface area (Å²) in [6, 6.07) is 23.3. The Bertz CT molecular complexity index is 1420. The van der Waals surface area contributed by atoms with Gasteiger partial charge in [-0.2, -0.15) is 0 Å².